The number of fused-ring (bicyclic) bond motifs is 6. The van der Waals surface area contributed by atoms with Crippen LogP contribution in [0.15, 0.2) is 60.9 Å². The summed E-state index contributed by atoms with van der Waals surface area (Å²) in [4.78, 5) is 9.03. The molecule has 24 heavy (non-hydrogen) atoms. The first-order valence-electron chi connectivity index (χ1n) is 8.00. The van der Waals surface area contributed by atoms with Crippen LogP contribution in [0.25, 0.3) is 11.4 Å². The van der Waals surface area contributed by atoms with Crippen molar-refractivity contribution in [1.82, 2.24) is 9.97 Å². The zero-order chi connectivity index (χ0) is 16.2. The Morgan fingerprint density at radius 2 is 0.958 bits per heavy atom. The Labute approximate surface area is 151 Å². The van der Waals surface area contributed by atoms with Gasteiger partial charge in [-0.1, -0.05) is 24.3 Å². The molecule has 0 amide bonds. The molecule has 0 N–H and O–H groups in total. The van der Waals surface area contributed by atoms with E-state index in [-0.39, 0.29) is 0 Å². The Hall–Kier alpha value is -1.78. The molecule has 0 saturated carbocycles. The summed E-state index contributed by atoms with van der Waals surface area (Å²) in [6.07, 6.45) is 3.79. The zero-order valence-corrected chi connectivity index (χ0v) is 14.9. The number of thioether (sulfide) groups is 2. The number of pyridine rings is 2. The molecule has 4 heteroatoms. The van der Waals surface area contributed by atoms with Gasteiger partial charge in [0, 0.05) is 35.4 Å². The van der Waals surface area contributed by atoms with Crippen molar-refractivity contribution in [2.45, 2.75) is 23.0 Å². The Bertz CT molecular complexity index is 761. The van der Waals surface area contributed by atoms with Gasteiger partial charge in [-0.2, -0.15) is 23.5 Å². The van der Waals surface area contributed by atoms with Crippen LogP contribution < -0.4 is 0 Å². The second-order valence-corrected chi connectivity index (χ2v) is 7.87. The molecule has 0 spiro atoms. The van der Waals surface area contributed by atoms with Crippen LogP contribution in [0, 0.1) is 0 Å². The lowest BCUT2D eigenvalue weighted by atomic mass is 10.1. The summed E-state index contributed by atoms with van der Waals surface area (Å²) >= 11 is 3.88. The van der Waals surface area contributed by atoms with Crippen LogP contribution in [0.1, 0.15) is 22.3 Å². The van der Waals surface area contributed by atoms with Gasteiger partial charge in [0.05, 0.1) is 11.4 Å². The molecule has 0 atom stereocenters. The highest BCUT2D eigenvalue weighted by molar-refractivity contribution is 7.98. The number of nitrogens with zero attached hydrogens (tertiary/aromatic N) is 2. The molecule has 3 aromatic rings. The van der Waals surface area contributed by atoms with Crippen molar-refractivity contribution in [3.8, 4) is 11.4 Å². The number of hydrogen-bond acceptors (Lipinski definition) is 4. The van der Waals surface area contributed by atoms with Gasteiger partial charge >= 0.3 is 0 Å². The summed E-state index contributed by atoms with van der Waals surface area (Å²) in [6.45, 7) is 0. The number of aromatic nitrogens is 2. The Kier molecular flexibility index (Phi) is 4.86. The van der Waals surface area contributed by atoms with Gasteiger partial charge in [-0.25, -0.2) is 0 Å². The highest BCUT2D eigenvalue weighted by Crippen LogP contribution is 2.25. The van der Waals surface area contributed by atoms with Crippen molar-refractivity contribution in [2.75, 3.05) is 0 Å². The predicted octanol–water partition coefficient (Wildman–Crippen LogP) is 5.32. The maximum atomic E-state index is 4.51. The summed E-state index contributed by atoms with van der Waals surface area (Å²) in [6, 6.07) is 17.6. The fraction of sp³-hybridized carbons (Fsp3) is 0.200. The SMILES string of the molecule is c1cc2cc(n1)-c1cc(ccn1)CSCc1ccc(cc1)CSC2. The molecule has 6 bridgehead atoms. The van der Waals surface area contributed by atoms with Crippen LogP contribution >= 0.6 is 23.5 Å². The molecule has 1 aromatic carbocycles. The lowest BCUT2D eigenvalue weighted by Gasteiger charge is -2.09. The standard InChI is InChI=1S/C20H18N2S2/c1-2-16-4-3-15(1)11-23-13-17-5-7-21-19(9-17)20-10-18(6-8-22-20)14-24-12-16/h1-10H,11-14H2. The maximum Gasteiger partial charge on any atom is 0.0889 e. The molecule has 5 rings (SSSR count). The van der Waals surface area contributed by atoms with Gasteiger partial charge in [0.25, 0.3) is 0 Å². The third-order valence-electron chi connectivity index (χ3n) is 4.01. The van der Waals surface area contributed by atoms with Gasteiger partial charge in [-0.05, 0) is 46.5 Å². The molecule has 0 saturated heterocycles. The number of hydrogen-bond donors (Lipinski definition) is 0. The largest absolute Gasteiger partial charge is 0.255 e. The minimum absolute atomic E-state index is 0.968. The van der Waals surface area contributed by atoms with E-state index in [1.807, 2.05) is 35.9 Å². The van der Waals surface area contributed by atoms with E-state index in [9.17, 15) is 0 Å². The quantitative estimate of drug-likeness (QED) is 0.548. The summed E-state index contributed by atoms with van der Waals surface area (Å²) in [5.74, 6) is 4.07. The minimum atomic E-state index is 0.968. The maximum absolute atomic E-state index is 4.51. The highest BCUT2D eigenvalue weighted by atomic mass is 32.2. The first kappa shape index (κ1) is 15.7. The van der Waals surface area contributed by atoms with E-state index < -0.39 is 0 Å². The van der Waals surface area contributed by atoms with Crippen LogP contribution in [-0.4, -0.2) is 9.97 Å². The van der Waals surface area contributed by atoms with Crippen molar-refractivity contribution in [2.24, 2.45) is 0 Å². The molecule has 2 nitrogen and oxygen atoms in total. The van der Waals surface area contributed by atoms with Crippen LogP contribution in [0.2, 0.25) is 0 Å². The topological polar surface area (TPSA) is 25.8 Å². The Balaban J connectivity index is 1.67. The smallest absolute Gasteiger partial charge is 0.0889 e. The fourth-order valence-corrected chi connectivity index (χ4v) is 4.60. The fourth-order valence-electron chi connectivity index (χ4n) is 2.71. The van der Waals surface area contributed by atoms with E-state index in [1.54, 1.807) is 0 Å². The first-order valence-corrected chi connectivity index (χ1v) is 10.3. The third-order valence-corrected chi connectivity index (χ3v) is 6.16. The van der Waals surface area contributed by atoms with E-state index in [2.05, 4.69) is 58.5 Å². The number of rotatable bonds is 0. The number of benzene rings is 1. The van der Waals surface area contributed by atoms with E-state index in [1.165, 1.54) is 22.3 Å². The van der Waals surface area contributed by atoms with Crippen molar-refractivity contribution < 1.29 is 0 Å². The second kappa shape index (κ2) is 7.41. The van der Waals surface area contributed by atoms with Crippen molar-refractivity contribution in [1.29, 1.82) is 0 Å². The molecule has 0 unspecified atom stereocenters. The molecular weight excluding hydrogens is 332 g/mol. The van der Waals surface area contributed by atoms with Crippen LogP contribution in [0.5, 0.6) is 0 Å². The van der Waals surface area contributed by atoms with Crippen molar-refractivity contribution >= 4 is 23.5 Å². The van der Waals surface area contributed by atoms with Gasteiger partial charge in [0.1, 0.15) is 0 Å². The molecule has 2 aliphatic heterocycles. The molecule has 120 valence electrons. The van der Waals surface area contributed by atoms with Crippen LogP contribution in [0.3, 0.4) is 0 Å². The molecule has 0 radical (unpaired) electrons. The molecule has 0 fully saturated rings. The van der Waals surface area contributed by atoms with E-state index in [0.29, 0.717) is 0 Å². The molecular formula is C20H18N2S2. The summed E-state index contributed by atoms with van der Waals surface area (Å²) < 4.78 is 0. The molecule has 2 aromatic heterocycles. The van der Waals surface area contributed by atoms with Crippen molar-refractivity contribution in [3.63, 3.8) is 0 Å². The van der Waals surface area contributed by atoms with Crippen LogP contribution in [0.4, 0.5) is 0 Å². The van der Waals surface area contributed by atoms with Gasteiger partial charge in [0.2, 0.25) is 0 Å². The molecule has 4 heterocycles. The zero-order valence-electron chi connectivity index (χ0n) is 13.3. The van der Waals surface area contributed by atoms with Gasteiger partial charge in [-0.3, -0.25) is 9.97 Å². The van der Waals surface area contributed by atoms with Crippen LogP contribution in [-0.2, 0) is 23.0 Å². The van der Waals surface area contributed by atoms with E-state index >= 15 is 0 Å². The van der Waals surface area contributed by atoms with E-state index in [0.717, 1.165) is 34.4 Å². The Morgan fingerprint density at radius 1 is 0.542 bits per heavy atom. The van der Waals surface area contributed by atoms with Gasteiger partial charge < -0.3 is 0 Å². The normalized spacial score (nSPS) is 14.5. The highest BCUT2D eigenvalue weighted by Gasteiger charge is 2.06. The average molecular weight is 351 g/mol. The summed E-state index contributed by atoms with van der Waals surface area (Å²) in [7, 11) is 0. The molecule has 0 aliphatic carbocycles. The lowest BCUT2D eigenvalue weighted by Crippen LogP contribution is -1.93. The average Bonchev–Trinajstić information content (AvgIpc) is 2.63. The summed E-state index contributed by atoms with van der Waals surface area (Å²) in [5, 5.41) is 0. The third kappa shape index (κ3) is 3.82. The monoisotopic (exact) mass is 350 g/mol. The second-order valence-electron chi connectivity index (χ2n) is 5.90. The van der Waals surface area contributed by atoms with Gasteiger partial charge in [0.15, 0.2) is 0 Å². The molecule has 2 aliphatic rings. The van der Waals surface area contributed by atoms with Gasteiger partial charge in [-0.15, -0.1) is 0 Å². The van der Waals surface area contributed by atoms with E-state index in [4.69, 9.17) is 0 Å². The minimum Gasteiger partial charge on any atom is -0.255 e. The lowest BCUT2D eigenvalue weighted by molar-refractivity contribution is 1.20. The van der Waals surface area contributed by atoms with Crippen molar-refractivity contribution in [3.05, 3.63) is 83.2 Å². The summed E-state index contributed by atoms with van der Waals surface area (Å²) in [5.41, 5.74) is 7.32. The Morgan fingerprint density at radius 3 is 1.42 bits per heavy atom. The first-order chi connectivity index (χ1) is 11.9. The predicted molar refractivity (Wildman–Crippen MR) is 104 cm³/mol.